The molecule has 122 valence electrons. The highest BCUT2D eigenvalue weighted by Crippen LogP contribution is 2.30. The maximum Gasteiger partial charge on any atom is 0.254 e. The third-order valence-electron chi connectivity index (χ3n) is 4.07. The Hall–Kier alpha value is -1.79. The van der Waals surface area contributed by atoms with E-state index in [0.29, 0.717) is 36.7 Å². The zero-order valence-electron chi connectivity index (χ0n) is 13.5. The molecule has 1 fully saturated rings. The molecule has 1 N–H and O–H groups in total. The van der Waals surface area contributed by atoms with E-state index in [9.17, 15) is 4.79 Å². The number of carbonyl (C=O) groups is 1. The molecule has 1 aromatic rings. The fourth-order valence-corrected chi connectivity index (χ4v) is 2.71. The fourth-order valence-electron chi connectivity index (χ4n) is 2.71. The molecule has 0 spiro atoms. The van der Waals surface area contributed by atoms with Gasteiger partial charge in [-0.1, -0.05) is 0 Å². The Bertz CT molecular complexity index is 500. The normalized spacial score (nSPS) is 15.7. The van der Waals surface area contributed by atoms with Crippen molar-refractivity contribution in [2.24, 2.45) is 0 Å². The number of β-amino-alcohol motifs (C(OH)–C–C–N with tert-alkyl or cyclic N) is 1. The molecule has 1 saturated heterocycles. The summed E-state index contributed by atoms with van der Waals surface area (Å²) >= 11 is 0. The Kier molecular flexibility index (Phi) is 5.63. The van der Waals surface area contributed by atoms with Crippen LogP contribution in [-0.4, -0.2) is 74.4 Å². The van der Waals surface area contributed by atoms with E-state index in [1.807, 2.05) is 11.8 Å². The fraction of sp³-hybridized carbons (Fsp3) is 0.562. The number of hydrogen-bond donors (Lipinski definition) is 1. The third kappa shape index (κ3) is 3.51. The number of hydrogen-bond acceptors (Lipinski definition) is 5. The van der Waals surface area contributed by atoms with Crippen molar-refractivity contribution in [1.82, 2.24) is 9.80 Å². The first-order valence-electron chi connectivity index (χ1n) is 7.45. The SMILES string of the molecule is COc1cc(C(=O)N2CCN(CCO)CC2)cc(OC)c1C. The van der Waals surface area contributed by atoms with Crippen LogP contribution in [0.15, 0.2) is 12.1 Å². The third-order valence-corrected chi connectivity index (χ3v) is 4.07. The average Bonchev–Trinajstić information content (AvgIpc) is 2.55. The van der Waals surface area contributed by atoms with Gasteiger partial charge in [-0.25, -0.2) is 0 Å². The molecule has 0 bridgehead atoms. The van der Waals surface area contributed by atoms with Crippen molar-refractivity contribution >= 4 is 5.91 Å². The number of aliphatic hydroxyl groups excluding tert-OH is 1. The largest absolute Gasteiger partial charge is 0.496 e. The Morgan fingerprint density at radius 2 is 1.68 bits per heavy atom. The number of piperazine rings is 1. The van der Waals surface area contributed by atoms with E-state index in [1.54, 1.807) is 26.4 Å². The van der Waals surface area contributed by atoms with Gasteiger partial charge in [0.15, 0.2) is 0 Å². The second-order valence-electron chi connectivity index (χ2n) is 5.36. The first kappa shape index (κ1) is 16.6. The molecular formula is C16H24N2O4. The van der Waals surface area contributed by atoms with Crippen LogP contribution in [-0.2, 0) is 0 Å². The molecule has 6 heteroatoms. The summed E-state index contributed by atoms with van der Waals surface area (Å²) in [4.78, 5) is 16.6. The number of carbonyl (C=O) groups excluding carboxylic acids is 1. The van der Waals surface area contributed by atoms with Crippen LogP contribution >= 0.6 is 0 Å². The number of amides is 1. The van der Waals surface area contributed by atoms with Crippen LogP contribution in [0, 0.1) is 6.92 Å². The van der Waals surface area contributed by atoms with Crippen LogP contribution < -0.4 is 9.47 Å². The van der Waals surface area contributed by atoms with E-state index in [2.05, 4.69) is 4.90 Å². The zero-order valence-corrected chi connectivity index (χ0v) is 13.5. The van der Waals surface area contributed by atoms with Crippen molar-refractivity contribution in [1.29, 1.82) is 0 Å². The number of aliphatic hydroxyl groups is 1. The highest BCUT2D eigenvalue weighted by molar-refractivity contribution is 5.95. The van der Waals surface area contributed by atoms with E-state index in [4.69, 9.17) is 14.6 Å². The summed E-state index contributed by atoms with van der Waals surface area (Å²) in [5.41, 5.74) is 1.46. The molecule has 0 aliphatic carbocycles. The van der Waals surface area contributed by atoms with Gasteiger partial charge in [0.05, 0.1) is 20.8 Å². The van der Waals surface area contributed by atoms with Crippen LogP contribution in [0.2, 0.25) is 0 Å². The standard InChI is InChI=1S/C16H24N2O4/c1-12-14(21-2)10-13(11-15(12)22-3)16(20)18-6-4-17(5-7-18)8-9-19/h10-11,19H,4-9H2,1-3H3. The number of ether oxygens (including phenoxy) is 2. The van der Waals surface area contributed by atoms with Crippen LogP contribution in [0.1, 0.15) is 15.9 Å². The molecule has 0 aromatic heterocycles. The van der Waals surface area contributed by atoms with Gasteiger partial charge in [0.2, 0.25) is 0 Å². The Morgan fingerprint density at radius 3 is 2.14 bits per heavy atom. The Labute approximate surface area is 131 Å². The monoisotopic (exact) mass is 308 g/mol. The quantitative estimate of drug-likeness (QED) is 0.870. The minimum Gasteiger partial charge on any atom is -0.496 e. The van der Waals surface area contributed by atoms with Gasteiger partial charge in [-0.05, 0) is 19.1 Å². The lowest BCUT2D eigenvalue weighted by atomic mass is 10.1. The molecule has 1 aliphatic rings. The van der Waals surface area contributed by atoms with Crippen molar-refractivity contribution in [3.8, 4) is 11.5 Å². The predicted molar refractivity (Wildman–Crippen MR) is 83.7 cm³/mol. The van der Waals surface area contributed by atoms with Crippen LogP contribution in [0.3, 0.4) is 0 Å². The summed E-state index contributed by atoms with van der Waals surface area (Å²) < 4.78 is 10.7. The summed E-state index contributed by atoms with van der Waals surface area (Å²) in [5, 5.41) is 8.96. The molecule has 1 aliphatic heterocycles. The van der Waals surface area contributed by atoms with Crippen molar-refractivity contribution in [3.05, 3.63) is 23.3 Å². The van der Waals surface area contributed by atoms with Gasteiger partial charge in [0.25, 0.3) is 5.91 Å². The Morgan fingerprint density at radius 1 is 1.14 bits per heavy atom. The molecule has 2 rings (SSSR count). The molecule has 1 heterocycles. The summed E-state index contributed by atoms with van der Waals surface area (Å²) in [7, 11) is 3.17. The van der Waals surface area contributed by atoms with Crippen molar-refractivity contribution in [2.45, 2.75) is 6.92 Å². The molecule has 0 radical (unpaired) electrons. The topological polar surface area (TPSA) is 62.2 Å². The number of methoxy groups -OCH3 is 2. The maximum atomic E-state index is 12.7. The number of rotatable bonds is 5. The van der Waals surface area contributed by atoms with E-state index in [-0.39, 0.29) is 12.5 Å². The van der Waals surface area contributed by atoms with E-state index in [1.165, 1.54) is 0 Å². The number of benzene rings is 1. The van der Waals surface area contributed by atoms with Gasteiger partial charge in [0.1, 0.15) is 11.5 Å². The summed E-state index contributed by atoms with van der Waals surface area (Å²) in [6, 6.07) is 3.53. The minimum absolute atomic E-state index is 0.0137. The van der Waals surface area contributed by atoms with Crippen LogP contribution in [0.4, 0.5) is 0 Å². The molecule has 6 nitrogen and oxygen atoms in total. The lowest BCUT2D eigenvalue weighted by Gasteiger charge is -2.34. The second kappa shape index (κ2) is 7.47. The van der Waals surface area contributed by atoms with Gasteiger partial charge in [-0.15, -0.1) is 0 Å². The van der Waals surface area contributed by atoms with Gasteiger partial charge < -0.3 is 19.5 Å². The lowest BCUT2D eigenvalue weighted by molar-refractivity contribution is 0.0614. The van der Waals surface area contributed by atoms with Crippen molar-refractivity contribution in [3.63, 3.8) is 0 Å². The van der Waals surface area contributed by atoms with E-state index in [0.717, 1.165) is 18.7 Å². The first-order valence-corrected chi connectivity index (χ1v) is 7.45. The highest BCUT2D eigenvalue weighted by Gasteiger charge is 2.23. The van der Waals surface area contributed by atoms with Crippen molar-refractivity contribution < 1.29 is 19.4 Å². The zero-order chi connectivity index (χ0) is 16.1. The first-order chi connectivity index (χ1) is 10.6. The maximum absolute atomic E-state index is 12.7. The molecule has 1 amide bonds. The Balaban J connectivity index is 2.13. The summed E-state index contributed by atoms with van der Waals surface area (Å²) in [5.74, 6) is 1.29. The summed E-state index contributed by atoms with van der Waals surface area (Å²) in [6.45, 7) is 5.61. The van der Waals surface area contributed by atoms with Gasteiger partial charge >= 0.3 is 0 Å². The molecule has 1 aromatic carbocycles. The number of nitrogens with zero attached hydrogens (tertiary/aromatic N) is 2. The molecule has 22 heavy (non-hydrogen) atoms. The predicted octanol–water partition coefficient (Wildman–Crippen LogP) is 0.762. The van der Waals surface area contributed by atoms with Gasteiger partial charge in [0, 0.05) is 43.9 Å². The second-order valence-corrected chi connectivity index (χ2v) is 5.36. The highest BCUT2D eigenvalue weighted by atomic mass is 16.5. The molecule has 0 unspecified atom stereocenters. The molecule has 0 saturated carbocycles. The van der Waals surface area contributed by atoms with E-state index < -0.39 is 0 Å². The van der Waals surface area contributed by atoms with Crippen LogP contribution in [0.5, 0.6) is 11.5 Å². The smallest absolute Gasteiger partial charge is 0.254 e. The minimum atomic E-state index is -0.0137. The molecular weight excluding hydrogens is 284 g/mol. The molecule has 0 atom stereocenters. The lowest BCUT2D eigenvalue weighted by Crippen LogP contribution is -2.49. The van der Waals surface area contributed by atoms with Gasteiger partial charge in [-0.3, -0.25) is 9.69 Å². The average molecular weight is 308 g/mol. The van der Waals surface area contributed by atoms with Crippen molar-refractivity contribution in [2.75, 3.05) is 53.6 Å². The summed E-state index contributed by atoms with van der Waals surface area (Å²) in [6.07, 6.45) is 0. The van der Waals surface area contributed by atoms with Crippen LogP contribution in [0.25, 0.3) is 0 Å². The van der Waals surface area contributed by atoms with Gasteiger partial charge in [-0.2, -0.15) is 0 Å². The van der Waals surface area contributed by atoms with E-state index >= 15 is 0 Å².